The van der Waals surface area contributed by atoms with Gasteiger partial charge >= 0.3 is 5.97 Å². The molecule has 5 nitrogen and oxygen atoms in total. The molecule has 2 N–H and O–H groups in total. The first-order valence-electron chi connectivity index (χ1n) is 6.56. The zero-order valence-electron chi connectivity index (χ0n) is 11.8. The van der Waals surface area contributed by atoms with Gasteiger partial charge in [-0.05, 0) is 45.2 Å². The van der Waals surface area contributed by atoms with Crippen LogP contribution in [0.5, 0.6) is 0 Å². The molecular weight excluding hydrogens is 244 g/mol. The third kappa shape index (κ3) is 5.26. The maximum absolute atomic E-state index is 11.2. The molecule has 106 valence electrons. The molecule has 1 rings (SSSR count). The SMILES string of the molecule is Cc1ccnc(NCCCCOC(C)C)c1C(=O)O. The molecule has 0 spiro atoms. The highest BCUT2D eigenvalue weighted by atomic mass is 16.5. The van der Waals surface area contributed by atoms with Gasteiger partial charge in [-0.3, -0.25) is 0 Å². The van der Waals surface area contributed by atoms with Crippen LogP contribution in [0.25, 0.3) is 0 Å². The molecule has 0 fully saturated rings. The summed E-state index contributed by atoms with van der Waals surface area (Å²) in [7, 11) is 0. The molecule has 0 saturated heterocycles. The molecule has 1 aromatic rings. The lowest BCUT2D eigenvalue weighted by Gasteiger charge is -2.11. The summed E-state index contributed by atoms with van der Waals surface area (Å²) in [5.74, 6) is -0.506. The fraction of sp³-hybridized carbons (Fsp3) is 0.571. The summed E-state index contributed by atoms with van der Waals surface area (Å²) in [6.07, 6.45) is 3.73. The van der Waals surface area contributed by atoms with Crippen molar-refractivity contribution in [3.63, 3.8) is 0 Å². The Labute approximate surface area is 114 Å². The molecule has 1 heterocycles. The number of aromatic nitrogens is 1. The van der Waals surface area contributed by atoms with Gasteiger partial charge in [0.2, 0.25) is 0 Å². The summed E-state index contributed by atoms with van der Waals surface area (Å²) in [6.45, 7) is 7.21. The minimum absolute atomic E-state index is 0.251. The van der Waals surface area contributed by atoms with Gasteiger partial charge < -0.3 is 15.2 Å². The van der Waals surface area contributed by atoms with Gasteiger partial charge in [-0.1, -0.05) is 0 Å². The number of carboxylic acid groups (broad SMARTS) is 1. The molecule has 5 heteroatoms. The number of rotatable bonds is 8. The Balaban J connectivity index is 2.41. The van der Waals surface area contributed by atoms with E-state index in [1.807, 2.05) is 13.8 Å². The third-order valence-corrected chi connectivity index (χ3v) is 2.69. The van der Waals surface area contributed by atoms with Gasteiger partial charge in [0.1, 0.15) is 11.4 Å². The molecule has 0 aromatic carbocycles. The molecule has 0 atom stereocenters. The van der Waals surface area contributed by atoms with Gasteiger partial charge in [0.15, 0.2) is 0 Å². The predicted molar refractivity (Wildman–Crippen MR) is 74.7 cm³/mol. The summed E-state index contributed by atoms with van der Waals surface area (Å²) in [5, 5.41) is 12.2. The van der Waals surface area contributed by atoms with Crippen molar-refractivity contribution in [2.75, 3.05) is 18.5 Å². The van der Waals surface area contributed by atoms with E-state index in [9.17, 15) is 4.79 Å². The van der Waals surface area contributed by atoms with Gasteiger partial charge in [0, 0.05) is 19.3 Å². The van der Waals surface area contributed by atoms with Crippen LogP contribution in [-0.4, -0.2) is 35.3 Å². The first kappa shape index (κ1) is 15.4. The van der Waals surface area contributed by atoms with Crippen LogP contribution in [0.15, 0.2) is 12.3 Å². The van der Waals surface area contributed by atoms with Crippen molar-refractivity contribution in [2.45, 2.75) is 39.7 Å². The lowest BCUT2D eigenvalue weighted by Crippen LogP contribution is -2.12. The number of carbonyl (C=O) groups is 1. The monoisotopic (exact) mass is 266 g/mol. The third-order valence-electron chi connectivity index (χ3n) is 2.69. The van der Waals surface area contributed by atoms with Crippen molar-refractivity contribution in [2.24, 2.45) is 0 Å². The number of pyridine rings is 1. The van der Waals surface area contributed by atoms with Gasteiger partial charge in [-0.2, -0.15) is 0 Å². The van der Waals surface area contributed by atoms with Crippen molar-refractivity contribution in [1.82, 2.24) is 4.98 Å². The molecule has 0 aliphatic rings. The topological polar surface area (TPSA) is 71.5 Å². The predicted octanol–water partition coefficient (Wildman–Crippen LogP) is 2.71. The maximum atomic E-state index is 11.2. The van der Waals surface area contributed by atoms with Gasteiger partial charge in [0.05, 0.1) is 6.10 Å². The van der Waals surface area contributed by atoms with Gasteiger partial charge in [0.25, 0.3) is 0 Å². The first-order valence-corrected chi connectivity index (χ1v) is 6.56. The highest BCUT2D eigenvalue weighted by molar-refractivity contribution is 5.94. The van der Waals surface area contributed by atoms with Gasteiger partial charge in [-0.15, -0.1) is 0 Å². The molecule has 0 bridgehead atoms. The van der Waals surface area contributed by atoms with Crippen LogP contribution in [0, 0.1) is 6.92 Å². The Morgan fingerprint density at radius 2 is 2.21 bits per heavy atom. The lowest BCUT2D eigenvalue weighted by molar-refractivity contribution is 0.0696. The summed E-state index contributed by atoms with van der Waals surface area (Å²) < 4.78 is 5.44. The van der Waals surface area contributed by atoms with E-state index < -0.39 is 5.97 Å². The molecule has 1 aromatic heterocycles. The van der Waals surface area contributed by atoms with Crippen LogP contribution in [0.4, 0.5) is 5.82 Å². The van der Waals surface area contributed by atoms with Crippen LogP contribution in [-0.2, 0) is 4.74 Å². The van der Waals surface area contributed by atoms with E-state index in [0.29, 0.717) is 17.9 Å². The number of nitrogens with one attached hydrogen (secondary N) is 1. The second-order valence-corrected chi connectivity index (χ2v) is 4.71. The summed E-state index contributed by atoms with van der Waals surface area (Å²) in [5.41, 5.74) is 0.967. The minimum atomic E-state index is -0.948. The summed E-state index contributed by atoms with van der Waals surface area (Å²) in [6, 6.07) is 1.70. The van der Waals surface area contributed by atoms with Crippen molar-refractivity contribution < 1.29 is 14.6 Å². The second kappa shape index (κ2) is 7.74. The number of hydrogen-bond acceptors (Lipinski definition) is 4. The fourth-order valence-corrected chi connectivity index (χ4v) is 1.72. The zero-order valence-corrected chi connectivity index (χ0v) is 11.8. The smallest absolute Gasteiger partial charge is 0.339 e. The van der Waals surface area contributed by atoms with E-state index in [4.69, 9.17) is 9.84 Å². The van der Waals surface area contributed by atoms with E-state index in [0.717, 1.165) is 19.4 Å². The molecule has 0 radical (unpaired) electrons. The number of ether oxygens (including phenoxy) is 1. The Hall–Kier alpha value is -1.62. The average molecular weight is 266 g/mol. The summed E-state index contributed by atoms with van der Waals surface area (Å²) in [4.78, 5) is 15.2. The normalized spacial score (nSPS) is 10.7. The summed E-state index contributed by atoms with van der Waals surface area (Å²) >= 11 is 0. The standard InChI is InChI=1S/C14H22N2O3/c1-10(2)19-9-5-4-7-15-13-12(14(17)18)11(3)6-8-16-13/h6,8,10H,4-5,7,9H2,1-3H3,(H,15,16)(H,17,18). The van der Waals surface area contributed by atoms with E-state index in [1.54, 1.807) is 19.2 Å². The number of aryl methyl sites for hydroxylation is 1. The molecule has 0 amide bonds. The van der Waals surface area contributed by atoms with Crippen LogP contribution in [0.1, 0.15) is 42.6 Å². The molecular formula is C14H22N2O3. The fourth-order valence-electron chi connectivity index (χ4n) is 1.72. The van der Waals surface area contributed by atoms with Crippen LogP contribution in [0.3, 0.4) is 0 Å². The Morgan fingerprint density at radius 1 is 1.47 bits per heavy atom. The number of aromatic carboxylic acids is 1. The van der Waals surface area contributed by atoms with Crippen LogP contribution >= 0.6 is 0 Å². The number of anilines is 1. The number of hydrogen-bond donors (Lipinski definition) is 2. The average Bonchev–Trinajstić information content (AvgIpc) is 2.32. The van der Waals surface area contributed by atoms with Crippen molar-refractivity contribution in [1.29, 1.82) is 0 Å². The van der Waals surface area contributed by atoms with Crippen LogP contribution in [0.2, 0.25) is 0 Å². The quantitative estimate of drug-likeness (QED) is 0.708. The Morgan fingerprint density at radius 3 is 2.84 bits per heavy atom. The molecule has 19 heavy (non-hydrogen) atoms. The minimum Gasteiger partial charge on any atom is -0.478 e. The van der Waals surface area contributed by atoms with E-state index in [2.05, 4.69) is 10.3 Å². The zero-order chi connectivity index (χ0) is 14.3. The Kier molecular flexibility index (Phi) is 6.29. The lowest BCUT2D eigenvalue weighted by atomic mass is 10.1. The highest BCUT2D eigenvalue weighted by Crippen LogP contribution is 2.16. The number of carboxylic acids is 1. The largest absolute Gasteiger partial charge is 0.478 e. The second-order valence-electron chi connectivity index (χ2n) is 4.71. The molecule has 0 unspecified atom stereocenters. The molecule has 0 aliphatic heterocycles. The van der Waals surface area contributed by atoms with Crippen molar-refractivity contribution in [3.8, 4) is 0 Å². The van der Waals surface area contributed by atoms with Crippen molar-refractivity contribution >= 4 is 11.8 Å². The first-order chi connectivity index (χ1) is 9.02. The van der Waals surface area contributed by atoms with E-state index in [-0.39, 0.29) is 11.7 Å². The van der Waals surface area contributed by atoms with E-state index in [1.165, 1.54) is 0 Å². The maximum Gasteiger partial charge on any atom is 0.339 e. The number of unbranched alkanes of at least 4 members (excludes halogenated alkanes) is 1. The van der Waals surface area contributed by atoms with E-state index >= 15 is 0 Å². The Bertz CT molecular complexity index is 419. The van der Waals surface area contributed by atoms with Crippen LogP contribution < -0.4 is 5.32 Å². The van der Waals surface area contributed by atoms with Gasteiger partial charge in [-0.25, -0.2) is 9.78 Å². The van der Waals surface area contributed by atoms with Crippen molar-refractivity contribution in [3.05, 3.63) is 23.4 Å². The number of nitrogens with zero attached hydrogens (tertiary/aromatic N) is 1. The molecule has 0 aliphatic carbocycles. The molecule has 0 saturated carbocycles. The highest BCUT2D eigenvalue weighted by Gasteiger charge is 2.13.